The normalized spacial score (nSPS) is 15.5. The largest absolute Gasteiger partial charge is 0.415 e. The lowest BCUT2D eigenvalue weighted by Gasteiger charge is -2.43. The number of nitrogens with zero attached hydrogens (tertiary/aromatic N) is 6. The van der Waals surface area contributed by atoms with E-state index in [4.69, 9.17) is 4.42 Å². The van der Waals surface area contributed by atoms with Gasteiger partial charge in [-0.05, 0) is 31.2 Å². The van der Waals surface area contributed by atoms with Crippen LogP contribution in [0.25, 0.3) is 17.1 Å². The number of benzene rings is 1. The van der Waals surface area contributed by atoms with Gasteiger partial charge in [0, 0.05) is 42.8 Å². The number of fused-ring (bicyclic) bond motifs is 1. The van der Waals surface area contributed by atoms with Gasteiger partial charge in [0.1, 0.15) is 5.65 Å². The number of aliphatic hydroxyl groups excluding tert-OH is 1. The van der Waals surface area contributed by atoms with Crippen LogP contribution in [0.3, 0.4) is 0 Å². The van der Waals surface area contributed by atoms with Gasteiger partial charge in [-0.1, -0.05) is 18.2 Å². The fourth-order valence-corrected chi connectivity index (χ4v) is 4.11. The molecule has 35 heavy (non-hydrogen) atoms. The number of aromatic nitrogens is 4. The number of imidazole rings is 1. The summed E-state index contributed by atoms with van der Waals surface area (Å²) in [7, 11) is 0. The molecule has 5 rings (SSSR count). The molecule has 0 saturated carbocycles. The Labute approximate surface area is 199 Å². The van der Waals surface area contributed by atoms with Gasteiger partial charge in [0.25, 0.3) is 5.89 Å². The predicted octanol–water partition coefficient (Wildman–Crippen LogP) is 3.17. The van der Waals surface area contributed by atoms with Crippen molar-refractivity contribution in [3.05, 3.63) is 66.4 Å². The Morgan fingerprint density at radius 3 is 2.69 bits per heavy atom. The van der Waals surface area contributed by atoms with Gasteiger partial charge >= 0.3 is 6.43 Å². The number of pyridine rings is 1. The molecule has 1 fully saturated rings. The minimum absolute atomic E-state index is 0.000670. The molecule has 0 aliphatic carbocycles. The molecule has 1 atom stereocenters. The molecule has 3 aromatic heterocycles. The molecule has 1 aliphatic rings. The van der Waals surface area contributed by atoms with Crippen LogP contribution in [0, 0.1) is 5.92 Å². The van der Waals surface area contributed by atoms with Crippen LogP contribution in [0.15, 0.2) is 59.3 Å². The molecule has 1 aliphatic heterocycles. The summed E-state index contributed by atoms with van der Waals surface area (Å²) < 4.78 is 32.4. The summed E-state index contributed by atoms with van der Waals surface area (Å²) in [5, 5.41) is 16.4. The second kappa shape index (κ2) is 9.51. The zero-order valence-corrected chi connectivity index (χ0v) is 19.0. The SMILES string of the molecule is CC(CO)N1CC(C(=O)N(Cc2cn3ccc(-c4nnc(C(F)F)o4)cc3n2)c2ccccc2)C1. The molecule has 9 nitrogen and oxygen atoms in total. The van der Waals surface area contributed by atoms with Crippen LogP contribution in [-0.2, 0) is 11.3 Å². The fourth-order valence-electron chi connectivity index (χ4n) is 4.11. The smallest absolute Gasteiger partial charge is 0.314 e. The number of likely N-dealkylation sites (tertiary alicyclic amines) is 1. The molecule has 1 N–H and O–H groups in total. The average molecular weight is 482 g/mol. The van der Waals surface area contributed by atoms with Crippen LogP contribution in [-0.4, -0.2) is 61.2 Å². The third-order valence-corrected chi connectivity index (χ3v) is 6.18. The lowest BCUT2D eigenvalue weighted by molar-refractivity contribution is -0.129. The van der Waals surface area contributed by atoms with Crippen LogP contribution in [0.4, 0.5) is 14.5 Å². The molecule has 1 amide bonds. The Balaban J connectivity index is 1.38. The second-order valence-corrected chi connectivity index (χ2v) is 8.60. The lowest BCUT2D eigenvalue weighted by atomic mass is 9.96. The van der Waals surface area contributed by atoms with E-state index in [1.165, 1.54) is 0 Å². The molecule has 11 heteroatoms. The number of halogens is 2. The van der Waals surface area contributed by atoms with E-state index in [2.05, 4.69) is 20.1 Å². The van der Waals surface area contributed by atoms with E-state index in [0.29, 0.717) is 30.0 Å². The third-order valence-electron chi connectivity index (χ3n) is 6.18. The van der Waals surface area contributed by atoms with Crippen molar-refractivity contribution in [1.29, 1.82) is 0 Å². The first kappa shape index (κ1) is 23.1. The predicted molar refractivity (Wildman–Crippen MR) is 123 cm³/mol. The zero-order chi connectivity index (χ0) is 24.5. The number of anilines is 1. The Bertz CT molecular complexity index is 1320. The molecule has 182 valence electrons. The van der Waals surface area contributed by atoms with Gasteiger partial charge in [-0.2, -0.15) is 8.78 Å². The van der Waals surface area contributed by atoms with Crippen molar-refractivity contribution in [1.82, 2.24) is 24.5 Å². The number of carbonyl (C=O) groups excluding carboxylic acids is 1. The number of alkyl halides is 2. The fraction of sp³-hybridized carbons (Fsp3) is 0.333. The van der Waals surface area contributed by atoms with Gasteiger partial charge < -0.3 is 18.8 Å². The van der Waals surface area contributed by atoms with Crippen molar-refractivity contribution in [2.45, 2.75) is 25.9 Å². The maximum atomic E-state index is 13.4. The van der Waals surface area contributed by atoms with Crippen LogP contribution in [0.1, 0.15) is 24.9 Å². The first-order chi connectivity index (χ1) is 16.9. The molecule has 0 radical (unpaired) electrons. The summed E-state index contributed by atoms with van der Waals surface area (Å²) in [5.41, 5.74) is 2.46. The summed E-state index contributed by atoms with van der Waals surface area (Å²) in [6.45, 7) is 3.46. The van der Waals surface area contributed by atoms with Crippen LogP contribution >= 0.6 is 0 Å². The first-order valence-electron chi connectivity index (χ1n) is 11.2. The van der Waals surface area contributed by atoms with E-state index in [9.17, 15) is 18.7 Å². The minimum Gasteiger partial charge on any atom is -0.415 e. The Morgan fingerprint density at radius 1 is 1.23 bits per heavy atom. The van der Waals surface area contributed by atoms with E-state index in [-0.39, 0.29) is 36.9 Å². The summed E-state index contributed by atoms with van der Waals surface area (Å²) in [4.78, 5) is 21.8. The van der Waals surface area contributed by atoms with E-state index < -0.39 is 12.3 Å². The number of carbonyl (C=O) groups is 1. The van der Waals surface area contributed by atoms with E-state index in [0.717, 1.165) is 5.69 Å². The minimum atomic E-state index is -2.84. The summed E-state index contributed by atoms with van der Waals surface area (Å²) in [6, 6.07) is 12.8. The van der Waals surface area contributed by atoms with Crippen molar-refractivity contribution in [2.24, 2.45) is 5.92 Å². The number of para-hydroxylation sites is 1. The maximum absolute atomic E-state index is 13.4. The molecular formula is C24H24F2N6O3. The van der Waals surface area contributed by atoms with E-state index >= 15 is 0 Å². The zero-order valence-electron chi connectivity index (χ0n) is 19.0. The van der Waals surface area contributed by atoms with Crippen molar-refractivity contribution in [2.75, 3.05) is 24.6 Å². The van der Waals surface area contributed by atoms with Crippen LogP contribution < -0.4 is 4.90 Å². The molecule has 1 saturated heterocycles. The van der Waals surface area contributed by atoms with Crippen molar-refractivity contribution < 1.29 is 23.1 Å². The van der Waals surface area contributed by atoms with E-state index in [1.807, 2.05) is 43.5 Å². The highest BCUT2D eigenvalue weighted by atomic mass is 19.3. The Kier molecular flexibility index (Phi) is 6.27. The highest BCUT2D eigenvalue weighted by Gasteiger charge is 2.37. The summed E-state index contributed by atoms with van der Waals surface area (Å²) >= 11 is 0. The topological polar surface area (TPSA) is 100 Å². The molecule has 0 spiro atoms. The van der Waals surface area contributed by atoms with Gasteiger partial charge in [0.05, 0.1) is 24.8 Å². The summed E-state index contributed by atoms with van der Waals surface area (Å²) in [6.07, 6.45) is 0.707. The van der Waals surface area contributed by atoms with Gasteiger partial charge in [-0.15, -0.1) is 10.2 Å². The van der Waals surface area contributed by atoms with Crippen molar-refractivity contribution in [3.63, 3.8) is 0 Å². The van der Waals surface area contributed by atoms with Crippen LogP contribution in [0.2, 0.25) is 0 Å². The van der Waals surface area contributed by atoms with Gasteiger partial charge in [0.2, 0.25) is 11.8 Å². The number of hydrogen-bond acceptors (Lipinski definition) is 7. The molecule has 1 unspecified atom stereocenters. The highest BCUT2D eigenvalue weighted by molar-refractivity contribution is 5.95. The van der Waals surface area contributed by atoms with Gasteiger partial charge in [0.15, 0.2) is 0 Å². The van der Waals surface area contributed by atoms with Gasteiger partial charge in [-0.3, -0.25) is 9.69 Å². The second-order valence-electron chi connectivity index (χ2n) is 8.60. The van der Waals surface area contributed by atoms with Crippen LogP contribution in [0.5, 0.6) is 0 Å². The lowest BCUT2D eigenvalue weighted by Crippen LogP contribution is -2.58. The number of aliphatic hydroxyl groups is 1. The first-order valence-corrected chi connectivity index (χ1v) is 11.2. The number of amides is 1. The Morgan fingerprint density at radius 2 is 2.00 bits per heavy atom. The van der Waals surface area contributed by atoms with Gasteiger partial charge in [-0.25, -0.2) is 4.98 Å². The molecular weight excluding hydrogens is 458 g/mol. The number of rotatable bonds is 8. The average Bonchev–Trinajstić information content (AvgIpc) is 3.48. The quantitative estimate of drug-likeness (QED) is 0.412. The third kappa shape index (κ3) is 4.64. The molecule has 0 bridgehead atoms. The maximum Gasteiger partial charge on any atom is 0.314 e. The number of hydrogen-bond donors (Lipinski definition) is 1. The van der Waals surface area contributed by atoms with Crippen molar-refractivity contribution in [3.8, 4) is 11.5 Å². The van der Waals surface area contributed by atoms with E-state index in [1.54, 1.807) is 27.6 Å². The summed E-state index contributed by atoms with van der Waals surface area (Å²) in [5.74, 6) is -0.904. The molecule has 4 heterocycles. The molecule has 1 aromatic carbocycles. The van der Waals surface area contributed by atoms with Crippen molar-refractivity contribution >= 4 is 17.2 Å². The monoisotopic (exact) mass is 482 g/mol. The Hall–Kier alpha value is -3.70. The highest BCUT2D eigenvalue weighted by Crippen LogP contribution is 2.27. The standard InChI is InChI=1S/C24H24F2N6O3/c1-15(14-33)31-10-17(11-31)24(34)32(19-5-3-2-4-6-19)13-18-12-30-8-7-16(9-20(30)27-18)22-28-29-23(35-22)21(25)26/h2-9,12,15,17,21,33H,10-11,13-14H2,1H3. The molecule has 4 aromatic rings.